The lowest BCUT2D eigenvalue weighted by atomic mass is 10.2. The second-order valence-corrected chi connectivity index (χ2v) is 9.01. The molecule has 0 amide bonds. The number of benzene rings is 1. The molecule has 3 rings (SSSR count). The number of sulfonamides is 1. The zero-order valence-corrected chi connectivity index (χ0v) is 12.3. The van der Waals surface area contributed by atoms with Gasteiger partial charge in [0, 0.05) is 11.5 Å². The third-order valence-corrected chi connectivity index (χ3v) is 7.10. The summed E-state index contributed by atoms with van der Waals surface area (Å²) in [5, 5.41) is 0.266. The number of rotatable bonds is 0. The van der Waals surface area contributed by atoms with Crippen LogP contribution in [-0.4, -0.2) is 30.0 Å². The fourth-order valence-corrected chi connectivity index (χ4v) is 5.89. The maximum Gasteiger partial charge on any atom is 0.285 e. The Hall–Kier alpha value is -0.920. The highest BCUT2D eigenvalue weighted by Gasteiger charge is 2.32. The molecule has 1 aromatic carbocycles. The highest BCUT2D eigenvalue weighted by atomic mass is 35.5. The Labute approximate surface area is 116 Å². The van der Waals surface area contributed by atoms with Gasteiger partial charge in [0.2, 0.25) is 0 Å². The Bertz CT molecular complexity index is 793. The molecule has 0 aliphatic carbocycles. The van der Waals surface area contributed by atoms with E-state index in [1.807, 2.05) is 0 Å². The molecular weight excluding hydrogens is 308 g/mol. The molecule has 0 aromatic heterocycles. The van der Waals surface area contributed by atoms with Gasteiger partial charge < -0.3 is 0 Å². The molecule has 0 N–H and O–H groups in total. The lowest BCUT2D eigenvalue weighted by molar-refractivity contribution is 0.599. The summed E-state index contributed by atoms with van der Waals surface area (Å²) in [5.74, 6) is 0.977. The topological polar surface area (TPSA) is 75.9 Å². The number of amidine groups is 1. The minimum Gasteiger partial charge on any atom is -0.249 e. The molecule has 0 bridgehead atoms. The van der Waals surface area contributed by atoms with E-state index >= 15 is 0 Å². The van der Waals surface area contributed by atoms with Gasteiger partial charge in [0.25, 0.3) is 10.0 Å². The molecule has 1 aromatic rings. The van der Waals surface area contributed by atoms with Crippen molar-refractivity contribution in [2.45, 2.75) is 17.7 Å². The van der Waals surface area contributed by atoms with E-state index in [1.165, 1.54) is 6.07 Å². The number of fused-ring (bicyclic) bond motifs is 1. The van der Waals surface area contributed by atoms with Crippen LogP contribution in [0.1, 0.15) is 18.4 Å². The molecule has 0 saturated carbocycles. The number of hydrogen-bond acceptors (Lipinski definition) is 4. The van der Waals surface area contributed by atoms with Crippen molar-refractivity contribution in [2.24, 2.45) is 8.76 Å². The van der Waals surface area contributed by atoms with Crippen LogP contribution in [0.2, 0.25) is 5.02 Å². The number of nitrogens with zero attached hydrogens (tertiary/aromatic N) is 2. The highest BCUT2D eigenvalue weighted by molar-refractivity contribution is 7.94. The second kappa shape index (κ2) is 4.29. The number of hydrogen-bond donors (Lipinski definition) is 0. The standard InChI is InChI=1S/C11H11ClN2O3S2/c12-8-4-3-5-9-10(8)11(14-19(9,16)17)13-18(15)6-1-2-7-18/h3-5H,1-2,6-7H2. The maximum absolute atomic E-state index is 12.4. The van der Waals surface area contributed by atoms with Crippen molar-refractivity contribution in [1.82, 2.24) is 0 Å². The predicted octanol–water partition coefficient (Wildman–Crippen LogP) is 2.05. The van der Waals surface area contributed by atoms with Crippen molar-refractivity contribution < 1.29 is 12.6 Å². The molecule has 2 aliphatic heterocycles. The molecule has 0 radical (unpaired) electrons. The van der Waals surface area contributed by atoms with E-state index in [-0.39, 0.29) is 21.3 Å². The van der Waals surface area contributed by atoms with Crippen LogP contribution in [0.15, 0.2) is 31.9 Å². The minimum absolute atomic E-state index is 0.00694. The first-order valence-electron chi connectivity index (χ1n) is 5.78. The zero-order chi connectivity index (χ0) is 13.7. The first-order valence-corrected chi connectivity index (χ1v) is 9.45. The van der Waals surface area contributed by atoms with Gasteiger partial charge in [-0.25, -0.2) is 4.21 Å². The molecular formula is C11H11ClN2O3S2. The summed E-state index contributed by atoms with van der Waals surface area (Å²) in [4.78, 5) is 0.0414. The SMILES string of the molecule is O=S1(=O)N=C(N=S2(=O)CCCC2)c2c(Cl)cccc21. The summed E-state index contributed by atoms with van der Waals surface area (Å²) in [5.41, 5.74) is 0.277. The lowest BCUT2D eigenvalue weighted by Gasteiger charge is -2.02. The first-order chi connectivity index (χ1) is 8.91. The monoisotopic (exact) mass is 318 g/mol. The van der Waals surface area contributed by atoms with Crippen molar-refractivity contribution in [1.29, 1.82) is 0 Å². The van der Waals surface area contributed by atoms with Crippen LogP contribution in [0.5, 0.6) is 0 Å². The molecule has 0 unspecified atom stereocenters. The van der Waals surface area contributed by atoms with Gasteiger partial charge in [0.05, 0.1) is 20.3 Å². The molecule has 1 saturated heterocycles. The molecule has 8 heteroatoms. The Morgan fingerprint density at radius 1 is 1.16 bits per heavy atom. The van der Waals surface area contributed by atoms with Gasteiger partial charge in [-0.3, -0.25) is 0 Å². The molecule has 0 spiro atoms. The Kier molecular flexibility index (Phi) is 2.95. The molecule has 2 aliphatic rings. The van der Waals surface area contributed by atoms with Crippen LogP contribution in [0.4, 0.5) is 0 Å². The third kappa shape index (κ3) is 2.19. The largest absolute Gasteiger partial charge is 0.285 e. The Balaban J connectivity index is 2.24. The van der Waals surface area contributed by atoms with Crippen molar-refractivity contribution in [3.05, 3.63) is 28.8 Å². The van der Waals surface area contributed by atoms with Gasteiger partial charge in [-0.05, 0) is 25.0 Å². The summed E-state index contributed by atoms with van der Waals surface area (Å²) >= 11 is 6.02. The van der Waals surface area contributed by atoms with Crippen molar-refractivity contribution in [3.8, 4) is 0 Å². The van der Waals surface area contributed by atoms with Crippen LogP contribution in [0.25, 0.3) is 0 Å². The van der Waals surface area contributed by atoms with E-state index < -0.39 is 19.8 Å². The van der Waals surface area contributed by atoms with Crippen molar-refractivity contribution >= 4 is 37.2 Å². The summed E-state index contributed by atoms with van der Waals surface area (Å²) in [6.07, 6.45) is 1.69. The molecule has 19 heavy (non-hydrogen) atoms. The third-order valence-electron chi connectivity index (χ3n) is 3.11. The summed E-state index contributed by atoms with van der Waals surface area (Å²) in [7, 11) is -6.14. The van der Waals surface area contributed by atoms with E-state index in [1.54, 1.807) is 12.1 Å². The van der Waals surface area contributed by atoms with E-state index in [9.17, 15) is 12.6 Å². The van der Waals surface area contributed by atoms with E-state index in [0.717, 1.165) is 12.8 Å². The minimum atomic E-state index is -3.76. The second-order valence-electron chi connectivity index (χ2n) is 4.48. The van der Waals surface area contributed by atoms with Crippen LogP contribution in [0, 0.1) is 0 Å². The first kappa shape index (κ1) is 13.1. The molecule has 0 atom stereocenters. The predicted molar refractivity (Wildman–Crippen MR) is 74.7 cm³/mol. The smallest absolute Gasteiger partial charge is 0.249 e. The quantitative estimate of drug-likeness (QED) is 0.734. The average Bonchev–Trinajstić information content (AvgIpc) is 2.83. The van der Waals surface area contributed by atoms with Gasteiger partial charge in [0.15, 0.2) is 5.84 Å². The Morgan fingerprint density at radius 2 is 1.84 bits per heavy atom. The average molecular weight is 319 g/mol. The van der Waals surface area contributed by atoms with Crippen LogP contribution in [0.3, 0.4) is 0 Å². The van der Waals surface area contributed by atoms with Crippen LogP contribution >= 0.6 is 11.6 Å². The van der Waals surface area contributed by atoms with Gasteiger partial charge in [0.1, 0.15) is 4.90 Å². The zero-order valence-electron chi connectivity index (χ0n) is 9.87. The summed E-state index contributed by atoms with van der Waals surface area (Å²) < 4.78 is 43.9. The van der Waals surface area contributed by atoms with Gasteiger partial charge in [-0.2, -0.15) is 12.8 Å². The fraction of sp³-hybridized carbons (Fsp3) is 0.364. The summed E-state index contributed by atoms with van der Waals surface area (Å²) in [6, 6.07) is 4.56. The van der Waals surface area contributed by atoms with E-state index in [4.69, 9.17) is 11.6 Å². The highest BCUT2D eigenvalue weighted by Crippen LogP contribution is 2.33. The molecule has 102 valence electrons. The molecule has 2 heterocycles. The molecule has 5 nitrogen and oxygen atoms in total. The van der Waals surface area contributed by atoms with Crippen molar-refractivity contribution in [3.63, 3.8) is 0 Å². The van der Waals surface area contributed by atoms with E-state index in [2.05, 4.69) is 8.76 Å². The van der Waals surface area contributed by atoms with Gasteiger partial charge in [-0.1, -0.05) is 17.7 Å². The van der Waals surface area contributed by atoms with Gasteiger partial charge in [-0.15, -0.1) is 4.40 Å². The number of halogens is 1. The van der Waals surface area contributed by atoms with Crippen LogP contribution in [-0.2, 0) is 19.8 Å². The van der Waals surface area contributed by atoms with Crippen molar-refractivity contribution in [2.75, 3.05) is 11.5 Å². The fourth-order valence-electron chi connectivity index (χ4n) is 2.21. The molecule has 1 fully saturated rings. The summed E-state index contributed by atoms with van der Waals surface area (Å²) in [6.45, 7) is 0. The van der Waals surface area contributed by atoms with Crippen LogP contribution < -0.4 is 0 Å². The Morgan fingerprint density at radius 3 is 2.53 bits per heavy atom. The lowest BCUT2D eigenvalue weighted by Crippen LogP contribution is -2.06. The normalized spacial score (nSPS) is 22.9. The van der Waals surface area contributed by atoms with E-state index in [0.29, 0.717) is 11.5 Å². The van der Waals surface area contributed by atoms with Gasteiger partial charge >= 0.3 is 0 Å². The maximum atomic E-state index is 12.4.